The van der Waals surface area contributed by atoms with Gasteiger partial charge in [0.2, 0.25) is 0 Å². The number of hydrogen-bond acceptors (Lipinski definition) is 7. The molecule has 0 aliphatic heterocycles. The lowest BCUT2D eigenvalue weighted by Crippen LogP contribution is -2.37. The van der Waals surface area contributed by atoms with E-state index in [1.165, 1.54) is 11.3 Å². The molecule has 7 nitrogen and oxygen atoms in total. The van der Waals surface area contributed by atoms with Crippen LogP contribution in [0.25, 0.3) is 21.3 Å². The van der Waals surface area contributed by atoms with Gasteiger partial charge in [-0.3, -0.25) is 9.69 Å². The first-order valence-electron chi connectivity index (χ1n) is 11.3. The minimum absolute atomic E-state index is 0.139. The van der Waals surface area contributed by atoms with Gasteiger partial charge in [0.1, 0.15) is 10.7 Å². The Morgan fingerprint density at radius 3 is 2.73 bits per heavy atom. The number of benzene rings is 1. The first kappa shape index (κ1) is 25.5. The predicted octanol–water partition coefficient (Wildman–Crippen LogP) is 3.75. The molecule has 1 atom stereocenters. The van der Waals surface area contributed by atoms with E-state index < -0.39 is 6.10 Å². The number of rotatable bonds is 12. The van der Waals surface area contributed by atoms with E-state index >= 15 is 0 Å². The maximum absolute atomic E-state index is 13.1. The maximum Gasteiger partial charge on any atom is 0.260 e. The van der Waals surface area contributed by atoms with Crippen molar-refractivity contribution in [3.05, 3.63) is 50.9 Å². The van der Waals surface area contributed by atoms with Gasteiger partial charge < -0.3 is 19.6 Å². The summed E-state index contributed by atoms with van der Waals surface area (Å²) >= 11 is 1.48. The van der Waals surface area contributed by atoms with Crippen LogP contribution in [0, 0.1) is 19.8 Å². The fraction of sp³-hybridized carbons (Fsp3) is 0.520. The van der Waals surface area contributed by atoms with E-state index in [-0.39, 0.29) is 12.2 Å². The SMILES string of the molecule is COCCN(Cc1nc2scc(-c3cc(C)ccc3C)c2c(=O)[nH]1)CC(O)COCC(C)C. The number of aliphatic hydroxyl groups is 1. The summed E-state index contributed by atoms with van der Waals surface area (Å²) in [5, 5.41) is 13.1. The van der Waals surface area contributed by atoms with Gasteiger partial charge in [-0.05, 0) is 30.9 Å². The van der Waals surface area contributed by atoms with E-state index in [1.807, 2.05) is 10.3 Å². The van der Waals surface area contributed by atoms with E-state index in [0.717, 1.165) is 27.1 Å². The lowest BCUT2D eigenvalue weighted by atomic mass is 9.99. The molecule has 0 bridgehead atoms. The van der Waals surface area contributed by atoms with Crippen molar-refractivity contribution < 1.29 is 14.6 Å². The molecule has 0 saturated heterocycles. The first-order valence-corrected chi connectivity index (χ1v) is 12.2. The molecule has 0 aliphatic carbocycles. The van der Waals surface area contributed by atoms with Gasteiger partial charge in [-0.25, -0.2) is 4.98 Å². The molecule has 0 saturated carbocycles. The summed E-state index contributed by atoms with van der Waals surface area (Å²) in [6.45, 7) is 11.1. The lowest BCUT2D eigenvalue weighted by molar-refractivity contribution is 0.00296. The summed E-state index contributed by atoms with van der Waals surface area (Å²) in [5.41, 5.74) is 4.13. The topological polar surface area (TPSA) is 87.7 Å². The Hall–Kier alpha value is -2.10. The molecule has 2 heterocycles. The molecule has 3 rings (SSSR count). The molecule has 0 fully saturated rings. The van der Waals surface area contributed by atoms with Gasteiger partial charge in [-0.1, -0.05) is 37.6 Å². The van der Waals surface area contributed by atoms with E-state index in [1.54, 1.807) is 7.11 Å². The molecule has 1 unspecified atom stereocenters. The summed E-state index contributed by atoms with van der Waals surface area (Å²) in [5.74, 6) is 0.996. The van der Waals surface area contributed by atoms with Crippen molar-refractivity contribution in [2.24, 2.45) is 5.92 Å². The van der Waals surface area contributed by atoms with Crippen LogP contribution >= 0.6 is 11.3 Å². The minimum atomic E-state index is -0.631. The van der Waals surface area contributed by atoms with Gasteiger partial charge in [0.05, 0.1) is 31.2 Å². The Balaban J connectivity index is 1.80. The van der Waals surface area contributed by atoms with Crippen LogP contribution in [0.5, 0.6) is 0 Å². The molecule has 180 valence electrons. The van der Waals surface area contributed by atoms with Crippen LogP contribution in [0.15, 0.2) is 28.4 Å². The number of nitrogens with zero attached hydrogens (tertiary/aromatic N) is 2. The average Bonchev–Trinajstić information content (AvgIpc) is 3.17. The zero-order valence-corrected chi connectivity index (χ0v) is 21.0. The zero-order valence-electron chi connectivity index (χ0n) is 20.2. The molecule has 0 spiro atoms. The molecule has 33 heavy (non-hydrogen) atoms. The average molecular weight is 474 g/mol. The van der Waals surface area contributed by atoms with E-state index in [4.69, 9.17) is 14.5 Å². The second kappa shape index (κ2) is 11.9. The van der Waals surface area contributed by atoms with E-state index in [9.17, 15) is 9.90 Å². The number of fused-ring (bicyclic) bond motifs is 1. The normalized spacial score (nSPS) is 12.8. The molecular weight excluding hydrogens is 438 g/mol. The number of H-pyrrole nitrogens is 1. The highest BCUT2D eigenvalue weighted by Crippen LogP contribution is 2.33. The van der Waals surface area contributed by atoms with Crippen molar-refractivity contribution in [1.29, 1.82) is 0 Å². The van der Waals surface area contributed by atoms with Crippen LogP contribution in [0.3, 0.4) is 0 Å². The molecule has 8 heteroatoms. The summed E-state index contributed by atoms with van der Waals surface area (Å²) in [7, 11) is 1.65. The Morgan fingerprint density at radius 2 is 2.00 bits per heavy atom. The predicted molar refractivity (Wildman–Crippen MR) is 134 cm³/mol. The van der Waals surface area contributed by atoms with Crippen molar-refractivity contribution in [1.82, 2.24) is 14.9 Å². The van der Waals surface area contributed by atoms with Gasteiger partial charge in [-0.2, -0.15) is 0 Å². The van der Waals surface area contributed by atoms with Crippen molar-refractivity contribution in [2.75, 3.05) is 40.0 Å². The Kier molecular flexibility index (Phi) is 9.17. The number of aryl methyl sites for hydroxylation is 2. The Bertz CT molecular complexity index is 1110. The van der Waals surface area contributed by atoms with Crippen molar-refractivity contribution in [3.8, 4) is 11.1 Å². The highest BCUT2D eigenvalue weighted by atomic mass is 32.1. The second-order valence-corrected chi connectivity index (χ2v) is 9.83. The van der Waals surface area contributed by atoms with Gasteiger partial charge in [0.15, 0.2) is 0 Å². The molecule has 1 aromatic carbocycles. The Labute approximate surface area is 199 Å². The molecule has 0 amide bonds. The van der Waals surface area contributed by atoms with Crippen molar-refractivity contribution in [3.63, 3.8) is 0 Å². The number of aromatic amines is 1. The molecule has 3 aromatic rings. The fourth-order valence-corrected chi connectivity index (χ4v) is 4.71. The van der Waals surface area contributed by atoms with Crippen LogP contribution in [-0.4, -0.2) is 66.1 Å². The largest absolute Gasteiger partial charge is 0.389 e. The third-order valence-electron chi connectivity index (χ3n) is 5.39. The molecule has 2 N–H and O–H groups in total. The Morgan fingerprint density at radius 1 is 1.21 bits per heavy atom. The van der Waals surface area contributed by atoms with Crippen LogP contribution in [0.1, 0.15) is 30.8 Å². The third kappa shape index (κ3) is 6.94. The lowest BCUT2D eigenvalue weighted by Gasteiger charge is -2.24. The first-order chi connectivity index (χ1) is 15.8. The number of aliphatic hydroxyl groups excluding tert-OH is 1. The summed E-state index contributed by atoms with van der Waals surface area (Å²) in [4.78, 5) is 23.5. The summed E-state index contributed by atoms with van der Waals surface area (Å²) in [6, 6.07) is 6.26. The van der Waals surface area contributed by atoms with E-state index in [0.29, 0.717) is 50.0 Å². The standard InChI is InChI=1S/C25H35N3O4S/c1-16(2)13-32-14-19(29)11-28(8-9-31-5)12-22-26-24(30)23-21(15-33-25(23)27-22)20-10-17(3)6-7-18(20)4/h6-7,10,15-16,19,29H,8-9,11-14H2,1-5H3,(H,26,27,30). The summed E-state index contributed by atoms with van der Waals surface area (Å²) < 4.78 is 10.8. The zero-order chi connectivity index (χ0) is 24.0. The molecular formula is C25H35N3O4S. The maximum atomic E-state index is 13.1. The molecule has 0 aliphatic rings. The van der Waals surface area contributed by atoms with Crippen molar-refractivity contribution in [2.45, 2.75) is 40.3 Å². The van der Waals surface area contributed by atoms with E-state index in [2.05, 4.69) is 50.9 Å². The van der Waals surface area contributed by atoms with Gasteiger partial charge in [0, 0.05) is 37.7 Å². The molecule has 2 aromatic heterocycles. The monoisotopic (exact) mass is 473 g/mol. The fourth-order valence-electron chi connectivity index (χ4n) is 3.75. The van der Waals surface area contributed by atoms with Gasteiger partial charge in [-0.15, -0.1) is 11.3 Å². The molecule has 0 radical (unpaired) electrons. The van der Waals surface area contributed by atoms with Crippen LogP contribution < -0.4 is 5.56 Å². The van der Waals surface area contributed by atoms with Crippen LogP contribution in [0.4, 0.5) is 0 Å². The van der Waals surface area contributed by atoms with Crippen LogP contribution in [-0.2, 0) is 16.0 Å². The van der Waals surface area contributed by atoms with Gasteiger partial charge in [0.25, 0.3) is 5.56 Å². The second-order valence-electron chi connectivity index (χ2n) is 8.97. The highest BCUT2D eigenvalue weighted by Gasteiger charge is 2.18. The number of ether oxygens (including phenoxy) is 2. The smallest absolute Gasteiger partial charge is 0.260 e. The highest BCUT2D eigenvalue weighted by molar-refractivity contribution is 7.17. The number of aromatic nitrogens is 2. The number of nitrogens with one attached hydrogen (secondary N) is 1. The van der Waals surface area contributed by atoms with Gasteiger partial charge >= 0.3 is 0 Å². The summed E-state index contributed by atoms with van der Waals surface area (Å²) in [6.07, 6.45) is -0.631. The minimum Gasteiger partial charge on any atom is -0.389 e. The van der Waals surface area contributed by atoms with Crippen molar-refractivity contribution >= 4 is 21.6 Å². The number of hydrogen-bond donors (Lipinski definition) is 2. The quantitative estimate of drug-likeness (QED) is 0.417. The number of methoxy groups -OCH3 is 1. The number of thiophene rings is 1. The van der Waals surface area contributed by atoms with Crippen LogP contribution in [0.2, 0.25) is 0 Å². The third-order valence-corrected chi connectivity index (χ3v) is 6.26.